The molecule has 0 fully saturated rings. The van der Waals surface area contributed by atoms with E-state index >= 15 is 0 Å². The van der Waals surface area contributed by atoms with Crippen molar-refractivity contribution in [1.82, 2.24) is 19.5 Å². The van der Waals surface area contributed by atoms with Crippen molar-refractivity contribution in [2.75, 3.05) is 0 Å². The fourth-order valence-corrected chi connectivity index (χ4v) is 9.49. The molecular formula is C55H32N4O. The van der Waals surface area contributed by atoms with E-state index in [1.807, 2.05) is 12.1 Å². The van der Waals surface area contributed by atoms with E-state index in [0.717, 1.165) is 71.2 Å². The first-order valence-corrected chi connectivity index (χ1v) is 20.3. The Morgan fingerprint density at radius 1 is 0.350 bits per heavy atom. The summed E-state index contributed by atoms with van der Waals surface area (Å²) in [4.78, 5) is 16.4. The quantitative estimate of drug-likeness (QED) is 0.179. The molecule has 13 rings (SSSR count). The standard InChI is InChI=1S/C55H32N4O/c1-2-13-33(14-3-1)36-25-28-39-37(31-36)18-12-23-43(39)53-56-54(45-32-38-17-6-9-21-42(38)52-49(45)44-22-10-11-24-48(44)60-52)58-55(57-53)59-46-29-26-34-15-4-7-19-40(34)50(46)51-41-20-8-5-16-35(41)27-30-47(51)59/h1-32H. The van der Waals surface area contributed by atoms with E-state index in [1.54, 1.807) is 0 Å². The molecule has 0 aliphatic heterocycles. The average Bonchev–Trinajstić information content (AvgIpc) is 3.88. The topological polar surface area (TPSA) is 56.7 Å². The summed E-state index contributed by atoms with van der Waals surface area (Å²) in [6.07, 6.45) is 0. The van der Waals surface area contributed by atoms with Crippen LogP contribution in [0.25, 0.3) is 127 Å². The lowest BCUT2D eigenvalue weighted by molar-refractivity contribution is 0.672. The van der Waals surface area contributed by atoms with Crippen LogP contribution in [0.1, 0.15) is 0 Å². The molecule has 3 heterocycles. The van der Waals surface area contributed by atoms with E-state index in [2.05, 4.69) is 187 Å². The molecule has 0 saturated carbocycles. The van der Waals surface area contributed by atoms with E-state index in [4.69, 9.17) is 19.4 Å². The predicted molar refractivity (Wildman–Crippen MR) is 248 cm³/mol. The molecule has 0 amide bonds. The third-order valence-electron chi connectivity index (χ3n) is 12.2. The van der Waals surface area contributed by atoms with Gasteiger partial charge in [-0.3, -0.25) is 4.57 Å². The molecule has 0 bridgehead atoms. The second-order valence-electron chi connectivity index (χ2n) is 15.5. The maximum atomic E-state index is 6.67. The Bertz CT molecular complexity index is 3810. The van der Waals surface area contributed by atoms with E-state index in [-0.39, 0.29) is 0 Å². The number of rotatable bonds is 4. The zero-order valence-corrected chi connectivity index (χ0v) is 32.2. The Hall–Kier alpha value is -8.15. The first-order valence-electron chi connectivity index (χ1n) is 20.3. The number of benzene rings is 10. The minimum Gasteiger partial charge on any atom is -0.455 e. The van der Waals surface area contributed by atoms with Crippen molar-refractivity contribution in [2.45, 2.75) is 0 Å². The van der Waals surface area contributed by atoms with Gasteiger partial charge in [0.1, 0.15) is 11.2 Å². The summed E-state index contributed by atoms with van der Waals surface area (Å²) in [7, 11) is 0. The van der Waals surface area contributed by atoms with Crippen LogP contribution in [0.2, 0.25) is 0 Å². The van der Waals surface area contributed by atoms with E-state index < -0.39 is 0 Å². The Labute approximate surface area is 343 Å². The average molecular weight is 765 g/mol. The van der Waals surface area contributed by atoms with Crippen LogP contribution in [0.4, 0.5) is 0 Å². The molecule has 0 spiro atoms. The van der Waals surface area contributed by atoms with Crippen molar-refractivity contribution >= 4 is 86.8 Å². The number of hydrogen-bond donors (Lipinski definition) is 0. The Balaban J connectivity index is 1.16. The van der Waals surface area contributed by atoms with Crippen LogP contribution in [0.5, 0.6) is 0 Å². The van der Waals surface area contributed by atoms with Crippen molar-refractivity contribution in [1.29, 1.82) is 0 Å². The molecule has 60 heavy (non-hydrogen) atoms. The largest absolute Gasteiger partial charge is 0.455 e. The Kier molecular flexibility index (Phi) is 6.95. The highest BCUT2D eigenvalue weighted by atomic mass is 16.3. The van der Waals surface area contributed by atoms with Crippen LogP contribution in [0, 0.1) is 0 Å². The summed E-state index contributed by atoms with van der Waals surface area (Å²) in [5.74, 6) is 1.72. The molecule has 5 nitrogen and oxygen atoms in total. The normalized spacial score (nSPS) is 12.0. The number of fused-ring (bicyclic) bond motifs is 13. The molecular weight excluding hydrogens is 733 g/mol. The number of nitrogens with zero attached hydrogens (tertiary/aromatic N) is 4. The third kappa shape index (κ3) is 4.84. The van der Waals surface area contributed by atoms with E-state index in [1.165, 1.54) is 37.9 Å². The molecule has 13 aromatic rings. The van der Waals surface area contributed by atoms with Crippen LogP contribution in [-0.4, -0.2) is 19.5 Å². The molecule has 10 aromatic carbocycles. The van der Waals surface area contributed by atoms with Crippen molar-refractivity contribution < 1.29 is 4.42 Å². The summed E-state index contributed by atoms with van der Waals surface area (Å²) in [5, 5.41) is 13.4. The predicted octanol–water partition coefficient (Wildman–Crippen LogP) is 14.5. The molecule has 0 aliphatic carbocycles. The SMILES string of the molecule is c1ccc(-c2ccc3c(-c4nc(-c5cc6ccccc6c6oc7ccccc7c56)nc(-n5c6ccc7ccccc7c6c6c7ccccc7ccc65)n4)cccc3c2)cc1. The van der Waals surface area contributed by atoms with Gasteiger partial charge in [0.25, 0.3) is 0 Å². The minimum atomic E-state index is 0.549. The maximum Gasteiger partial charge on any atom is 0.238 e. The van der Waals surface area contributed by atoms with Gasteiger partial charge < -0.3 is 4.42 Å². The van der Waals surface area contributed by atoms with Gasteiger partial charge in [-0.2, -0.15) is 9.97 Å². The second kappa shape index (κ2) is 12.7. The molecule has 0 N–H and O–H groups in total. The van der Waals surface area contributed by atoms with Crippen LogP contribution in [0.3, 0.4) is 0 Å². The third-order valence-corrected chi connectivity index (χ3v) is 12.2. The molecule has 0 atom stereocenters. The second-order valence-corrected chi connectivity index (χ2v) is 15.5. The number of para-hydroxylation sites is 1. The van der Waals surface area contributed by atoms with E-state index in [0.29, 0.717) is 17.6 Å². The zero-order valence-electron chi connectivity index (χ0n) is 32.2. The summed E-state index contributed by atoms with van der Waals surface area (Å²) < 4.78 is 8.91. The van der Waals surface area contributed by atoms with Gasteiger partial charge in [-0.15, -0.1) is 0 Å². The first-order chi connectivity index (χ1) is 29.7. The van der Waals surface area contributed by atoms with Gasteiger partial charge in [-0.05, 0) is 79.2 Å². The van der Waals surface area contributed by atoms with Gasteiger partial charge in [0.15, 0.2) is 11.6 Å². The molecule has 0 aliphatic rings. The van der Waals surface area contributed by atoms with Crippen molar-refractivity contribution in [2.24, 2.45) is 0 Å². The van der Waals surface area contributed by atoms with Crippen molar-refractivity contribution in [3.05, 3.63) is 194 Å². The minimum absolute atomic E-state index is 0.549. The lowest BCUT2D eigenvalue weighted by Gasteiger charge is -2.14. The van der Waals surface area contributed by atoms with Crippen LogP contribution < -0.4 is 0 Å². The number of furan rings is 1. The first kappa shape index (κ1) is 32.9. The fraction of sp³-hybridized carbons (Fsp3) is 0. The lowest BCUT2D eigenvalue weighted by Crippen LogP contribution is -2.07. The molecule has 0 unspecified atom stereocenters. The van der Waals surface area contributed by atoms with Gasteiger partial charge in [-0.1, -0.05) is 164 Å². The fourth-order valence-electron chi connectivity index (χ4n) is 9.49. The maximum absolute atomic E-state index is 6.67. The molecule has 3 aromatic heterocycles. The van der Waals surface area contributed by atoms with Gasteiger partial charge in [-0.25, -0.2) is 4.98 Å². The van der Waals surface area contributed by atoms with Gasteiger partial charge >= 0.3 is 0 Å². The molecule has 0 radical (unpaired) electrons. The monoisotopic (exact) mass is 764 g/mol. The lowest BCUT2D eigenvalue weighted by atomic mass is 9.98. The zero-order chi connectivity index (χ0) is 39.3. The van der Waals surface area contributed by atoms with Gasteiger partial charge in [0, 0.05) is 38.1 Å². The van der Waals surface area contributed by atoms with Gasteiger partial charge in [0.05, 0.1) is 11.0 Å². The van der Waals surface area contributed by atoms with E-state index in [9.17, 15) is 0 Å². The van der Waals surface area contributed by atoms with Crippen LogP contribution in [-0.2, 0) is 0 Å². The highest BCUT2D eigenvalue weighted by Gasteiger charge is 2.24. The van der Waals surface area contributed by atoms with Crippen molar-refractivity contribution in [3.8, 4) is 39.9 Å². The number of hydrogen-bond acceptors (Lipinski definition) is 4. The summed E-state index contributed by atoms with van der Waals surface area (Å²) in [5.41, 5.74) is 7.87. The Morgan fingerprint density at radius 2 is 0.933 bits per heavy atom. The number of aromatic nitrogens is 4. The Morgan fingerprint density at radius 3 is 1.67 bits per heavy atom. The van der Waals surface area contributed by atoms with Crippen LogP contribution >= 0.6 is 0 Å². The van der Waals surface area contributed by atoms with Crippen LogP contribution in [0.15, 0.2) is 199 Å². The summed E-state index contributed by atoms with van der Waals surface area (Å²) >= 11 is 0. The summed E-state index contributed by atoms with van der Waals surface area (Å²) in [6.45, 7) is 0. The smallest absolute Gasteiger partial charge is 0.238 e. The molecule has 0 saturated heterocycles. The highest BCUT2D eigenvalue weighted by molar-refractivity contribution is 6.28. The molecule has 278 valence electrons. The van der Waals surface area contributed by atoms with Crippen molar-refractivity contribution in [3.63, 3.8) is 0 Å². The molecule has 5 heteroatoms. The van der Waals surface area contributed by atoms with Gasteiger partial charge in [0.2, 0.25) is 5.95 Å². The highest BCUT2D eigenvalue weighted by Crippen LogP contribution is 2.43. The summed E-state index contributed by atoms with van der Waals surface area (Å²) in [6, 6.07) is 68.5.